The Morgan fingerprint density at radius 1 is 1.14 bits per heavy atom. The molecule has 2 fully saturated rings. The molecule has 0 radical (unpaired) electrons. The summed E-state index contributed by atoms with van der Waals surface area (Å²) < 4.78 is 0. The molecule has 6 heteroatoms. The number of likely N-dealkylation sites (N-methyl/N-ethyl adjacent to an activating group) is 1. The molecule has 21 heavy (non-hydrogen) atoms. The van der Waals surface area contributed by atoms with E-state index in [-0.39, 0.29) is 30.1 Å². The SMILES string of the molecule is CNC1CCCN(C(=O)C(C)NC(=O)C2CCCC2)C1.Cl. The molecule has 0 aromatic heterocycles. The molecule has 1 aliphatic heterocycles. The van der Waals surface area contributed by atoms with Crippen molar-refractivity contribution in [2.45, 2.75) is 57.5 Å². The number of halogens is 1. The van der Waals surface area contributed by atoms with Crippen LogP contribution < -0.4 is 10.6 Å². The molecular weight excluding hydrogens is 290 g/mol. The number of carbonyl (C=O) groups is 2. The van der Waals surface area contributed by atoms with E-state index in [2.05, 4.69) is 10.6 Å². The van der Waals surface area contributed by atoms with Crippen LogP contribution in [0.5, 0.6) is 0 Å². The van der Waals surface area contributed by atoms with Crippen LogP contribution in [0.1, 0.15) is 45.4 Å². The molecule has 0 aromatic carbocycles. The molecule has 1 saturated carbocycles. The van der Waals surface area contributed by atoms with Crippen LogP contribution in [0.4, 0.5) is 0 Å². The number of hydrogen-bond donors (Lipinski definition) is 2. The van der Waals surface area contributed by atoms with Crippen molar-refractivity contribution in [3.8, 4) is 0 Å². The van der Waals surface area contributed by atoms with Gasteiger partial charge in [0.2, 0.25) is 11.8 Å². The molecule has 0 aromatic rings. The summed E-state index contributed by atoms with van der Waals surface area (Å²) in [4.78, 5) is 26.3. The first-order valence-corrected chi connectivity index (χ1v) is 7.88. The van der Waals surface area contributed by atoms with Gasteiger partial charge in [0.1, 0.15) is 6.04 Å². The zero-order valence-electron chi connectivity index (χ0n) is 13.1. The Balaban J connectivity index is 0.00000220. The van der Waals surface area contributed by atoms with Crippen molar-refractivity contribution in [1.82, 2.24) is 15.5 Å². The number of piperidine rings is 1. The van der Waals surface area contributed by atoms with Gasteiger partial charge in [0.15, 0.2) is 0 Å². The Hall–Kier alpha value is -0.810. The van der Waals surface area contributed by atoms with E-state index >= 15 is 0 Å². The summed E-state index contributed by atoms with van der Waals surface area (Å²) in [5.41, 5.74) is 0. The number of nitrogens with one attached hydrogen (secondary N) is 2. The number of nitrogens with zero attached hydrogens (tertiary/aromatic N) is 1. The molecule has 0 spiro atoms. The van der Waals surface area contributed by atoms with E-state index in [1.165, 1.54) is 0 Å². The van der Waals surface area contributed by atoms with Gasteiger partial charge in [0, 0.05) is 25.0 Å². The minimum atomic E-state index is -0.404. The van der Waals surface area contributed by atoms with E-state index in [1.807, 2.05) is 11.9 Å². The fourth-order valence-electron chi connectivity index (χ4n) is 3.27. The van der Waals surface area contributed by atoms with Crippen molar-refractivity contribution in [2.75, 3.05) is 20.1 Å². The fourth-order valence-corrected chi connectivity index (χ4v) is 3.27. The number of amides is 2. The van der Waals surface area contributed by atoms with Crippen molar-refractivity contribution in [1.29, 1.82) is 0 Å². The van der Waals surface area contributed by atoms with Crippen LogP contribution in [0.3, 0.4) is 0 Å². The molecule has 1 aliphatic carbocycles. The van der Waals surface area contributed by atoms with Gasteiger partial charge in [-0.05, 0) is 39.7 Å². The smallest absolute Gasteiger partial charge is 0.244 e. The summed E-state index contributed by atoms with van der Waals surface area (Å²) in [7, 11) is 1.93. The Morgan fingerprint density at radius 3 is 2.43 bits per heavy atom. The van der Waals surface area contributed by atoms with Gasteiger partial charge in [-0.2, -0.15) is 0 Å². The third kappa shape index (κ3) is 4.85. The van der Waals surface area contributed by atoms with Crippen molar-refractivity contribution < 1.29 is 9.59 Å². The first kappa shape index (κ1) is 18.2. The average Bonchev–Trinajstić information content (AvgIpc) is 3.00. The van der Waals surface area contributed by atoms with E-state index in [4.69, 9.17) is 0 Å². The minimum Gasteiger partial charge on any atom is -0.344 e. The Morgan fingerprint density at radius 2 is 1.81 bits per heavy atom. The van der Waals surface area contributed by atoms with Crippen molar-refractivity contribution in [2.24, 2.45) is 5.92 Å². The predicted octanol–water partition coefficient (Wildman–Crippen LogP) is 1.31. The molecule has 2 N–H and O–H groups in total. The lowest BCUT2D eigenvalue weighted by molar-refractivity contribution is -0.138. The van der Waals surface area contributed by atoms with Gasteiger partial charge in [-0.15, -0.1) is 12.4 Å². The number of carbonyl (C=O) groups excluding carboxylic acids is 2. The predicted molar refractivity (Wildman–Crippen MR) is 85.5 cm³/mol. The van der Waals surface area contributed by atoms with Gasteiger partial charge in [0.25, 0.3) is 0 Å². The van der Waals surface area contributed by atoms with Crippen LogP contribution in [-0.2, 0) is 9.59 Å². The topological polar surface area (TPSA) is 61.4 Å². The van der Waals surface area contributed by atoms with Crippen LogP contribution in [-0.4, -0.2) is 48.9 Å². The molecule has 0 bridgehead atoms. The molecule has 2 amide bonds. The lowest BCUT2D eigenvalue weighted by Crippen LogP contribution is -2.53. The van der Waals surface area contributed by atoms with E-state index < -0.39 is 6.04 Å². The van der Waals surface area contributed by atoms with Crippen LogP contribution in [0.2, 0.25) is 0 Å². The molecule has 122 valence electrons. The van der Waals surface area contributed by atoms with E-state index in [0.717, 1.165) is 51.6 Å². The maximum Gasteiger partial charge on any atom is 0.244 e. The molecule has 2 aliphatic rings. The van der Waals surface area contributed by atoms with Crippen LogP contribution in [0, 0.1) is 5.92 Å². The van der Waals surface area contributed by atoms with Crippen LogP contribution >= 0.6 is 12.4 Å². The van der Waals surface area contributed by atoms with E-state index in [0.29, 0.717) is 6.04 Å². The Kier molecular flexibility index (Phi) is 7.46. The zero-order chi connectivity index (χ0) is 14.5. The standard InChI is InChI=1S/C15H27N3O2.ClH/c1-11(17-14(19)12-6-3-4-7-12)15(20)18-9-5-8-13(10-18)16-2;/h11-13,16H,3-10H2,1-2H3,(H,17,19);1H. The average molecular weight is 318 g/mol. The summed E-state index contributed by atoms with van der Waals surface area (Å²) >= 11 is 0. The van der Waals surface area contributed by atoms with E-state index in [9.17, 15) is 9.59 Å². The third-order valence-electron chi connectivity index (χ3n) is 4.60. The second-order valence-corrected chi connectivity index (χ2v) is 6.12. The summed E-state index contributed by atoms with van der Waals surface area (Å²) in [6, 6.07) is -0.0239. The summed E-state index contributed by atoms with van der Waals surface area (Å²) in [6.45, 7) is 3.36. The quantitative estimate of drug-likeness (QED) is 0.822. The lowest BCUT2D eigenvalue weighted by Gasteiger charge is -2.34. The molecule has 2 atom stereocenters. The largest absolute Gasteiger partial charge is 0.344 e. The first-order valence-electron chi connectivity index (χ1n) is 7.88. The fraction of sp³-hybridized carbons (Fsp3) is 0.867. The third-order valence-corrected chi connectivity index (χ3v) is 4.60. The second-order valence-electron chi connectivity index (χ2n) is 6.12. The molecule has 1 saturated heterocycles. The molecule has 2 unspecified atom stereocenters. The van der Waals surface area contributed by atoms with Gasteiger partial charge in [0.05, 0.1) is 0 Å². The van der Waals surface area contributed by atoms with Gasteiger partial charge in [-0.1, -0.05) is 12.8 Å². The monoisotopic (exact) mass is 317 g/mol. The Labute approximate surface area is 133 Å². The zero-order valence-corrected chi connectivity index (χ0v) is 13.9. The summed E-state index contributed by atoms with van der Waals surface area (Å²) in [6.07, 6.45) is 6.35. The highest BCUT2D eigenvalue weighted by atomic mass is 35.5. The number of rotatable bonds is 4. The van der Waals surface area contributed by atoms with Gasteiger partial charge in [-0.25, -0.2) is 0 Å². The van der Waals surface area contributed by atoms with Crippen molar-refractivity contribution in [3.63, 3.8) is 0 Å². The lowest BCUT2D eigenvalue weighted by atomic mass is 10.0. The Bertz CT molecular complexity index is 359. The minimum absolute atomic E-state index is 0. The number of likely N-dealkylation sites (tertiary alicyclic amines) is 1. The molecular formula is C15H28ClN3O2. The van der Waals surface area contributed by atoms with Gasteiger partial charge < -0.3 is 15.5 Å². The van der Waals surface area contributed by atoms with E-state index in [1.54, 1.807) is 6.92 Å². The number of hydrogen-bond acceptors (Lipinski definition) is 3. The highest BCUT2D eigenvalue weighted by Gasteiger charge is 2.29. The first-order chi connectivity index (χ1) is 9.61. The van der Waals surface area contributed by atoms with Gasteiger partial charge >= 0.3 is 0 Å². The highest BCUT2D eigenvalue weighted by Crippen LogP contribution is 2.24. The van der Waals surface area contributed by atoms with Crippen molar-refractivity contribution in [3.05, 3.63) is 0 Å². The molecule has 5 nitrogen and oxygen atoms in total. The maximum atomic E-state index is 12.4. The summed E-state index contributed by atoms with van der Waals surface area (Å²) in [5.74, 6) is 0.235. The molecule has 2 rings (SSSR count). The highest BCUT2D eigenvalue weighted by molar-refractivity contribution is 5.88. The molecule has 1 heterocycles. The normalized spacial score (nSPS) is 24.3. The summed E-state index contributed by atoms with van der Waals surface area (Å²) in [5, 5.41) is 6.13. The van der Waals surface area contributed by atoms with Crippen LogP contribution in [0.15, 0.2) is 0 Å². The maximum absolute atomic E-state index is 12.4. The van der Waals surface area contributed by atoms with Crippen LogP contribution in [0.25, 0.3) is 0 Å². The van der Waals surface area contributed by atoms with Gasteiger partial charge in [-0.3, -0.25) is 9.59 Å². The van der Waals surface area contributed by atoms with Crippen molar-refractivity contribution >= 4 is 24.2 Å². The second kappa shape index (κ2) is 8.59.